The van der Waals surface area contributed by atoms with E-state index in [1.807, 2.05) is 30.3 Å². The molecule has 0 radical (unpaired) electrons. The molecule has 1 heterocycles. The molecule has 2 rings (SSSR count). The van der Waals surface area contributed by atoms with Crippen molar-refractivity contribution in [3.05, 3.63) is 35.9 Å². The number of benzene rings is 1. The summed E-state index contributed by atoms with van der Waals surface area (Å²) in [4.78, 5) is 24.8. The lowest BCUT2D eigenvalue weighted by Crippen LogP contribution is -2.34. The van der Waals surface area contributed by atoms with E-state index >= 15 is 0 Å². The molecule has 1 saturated heterocycles. The van der Waals surface area contributed by atoms with Crippen LogP contribution < -0.4 is 0 Å². The number of nitrogens with zero attached hydrogens (tertiary/aromatic N) is 1. The highest BCUT2D eigenvalue weighted by atomic mass is 16.5. The number of likely N-dealkylation sites (tertiary alicyclic amines) is 1. The Bertz CT molecular complexity index is 460. The number of carbonyl (C=O) groups is 2. The predicted octanol–water partition coefficient (Wildman–Crippen LogP) is 1.31. The lowest BCUT2D eigenvalue weighted by molar-refractivity contribution is -0.143. The molecule has 0 aromatic heterocycles. The molecule has 1 aliphatic rings. The number of aliphatic carboxylic acids is 1. The molecule has 1 amide bonds. The van der Waals surface area contributed by atoms with Crippen LogP contribution in [0, 0.1) is 5.92 Å². The molecule has 0 saturated carbocycles. The van der Waals surface area contributed by atoms with Crippen molar-refractivity contribution < 1.29 is 19.4 Å². The first-order chi connectivity index (χ1) is 9.13. The molecule has 1 fully saturated rings. The number of carboxylic acid groups (broad SMARTS) is 1. The minimum Gasteiger partial charge on any atom is -0.481 e. The topological polar surface area (TPSA) is 66.8 Å². The summed E-state index contributed by atoms with van der Waals surface area (Å²) >= 11 is 0. The van der Waals surface area contributed by atoms with Gasteiger partial charge in [-0.2, -0.15) is 0 Å². The standard InChI is InChI=1S/C14H17NO4/c1-19-12(10-5-3-2-4-6-10)13(16)15-8-7-11(9-15)14(17)18/h2-6,11-12H,7-9H2,1H3,(H,17,18)/t11?,12-/m1/s1. The van der Waals surface area contributed by atoms with Gasteiger partial charge in [-0.05, 0) is 12.0 Å². The van der Waals surface area contributed by atoms with E-state index in [0.717, 1.165) is 5.56 Å². The van der Waals surface area contributed by atoms with E-state index in [9.17, 15) is 9.59 Å². The highest BCUT2D eigenvalue weighted by Crippen LogP contribution is 2.24. The van der Waals surface area contributed by atoms with Crippen LogP contribution in [0.25, 0.3) is 0 Å². The molecule has 1 aromatic rings. The second-order valence-corrected chi connectivity index (χ2v) is 4.63. The fourth-order valence-corrected chi connectivity index (χ4v) is 2.34. The number of methoxy groups -OCH3 is 1. The average molecular weight is 263 g/mol. The zero-order valence-corrected chi connectivity index (χ0v) is 10.8. The molecule has 0 spiro atoms. The average Bonchev–Trinajstić information content (AvgIpc) is 2.90. The van der Waals surface area contributed by atoms with Crippen LogP contribution in [-0.4, -0.2) is 42.1 Å². The predicted molar refractivity (Wildman–Crippen MR) is 68.5 cm³/mol. The minimum absolute atomic E-state index is 0.169. The Labute approximate surface area is 111 Å². The SMILES string of the molecule is CO[C@@H](C(=O)N1CCC(C(=O)O)C1)c1ccccc1. The van der Waals surface area contributed by atoms with E-state index in [1.54, 1.807) is 4.90 Å². The van der Waals surface area contributed by atoms with Gasteiger partial charge in [0.1, 0.15) is 0 Å². The summed E-state index contributed by atoms with van der Waals surface area (Å²) in [6, 6.07) is 9.22. The maximum absolute atomic E-state index is 12.4. The summed E-state index contributed by atoms with van der Waals surface area (Å²) in [5.41, 5.74) is 0.786. The third-order valence-corrected chi connectivity index (χ3v) is 3.41. The van der Waals surface area contributed by atoms with E-state index in [-0.39, 0.29) is 12.5 Å². The van der Waals surface area contributed by atoms with E-state index in [1.165, 1.54) is 7.11 Å². The fourth-order valence-electron chi connectivity index (χ4n) is 2.34. The number of amides is 1. The van der Waals surface area contributed by atoms with E-state index < -0.39 is 18.0 Å². The van der Waals surface area contributed by atoms with Gasteiger partial charge in [0.05, 0.1) is 5.92 Å². The first-order valence-corrected chi connectivity index (χ1v) is 6.23. The van der Waals surface area contributed by atoms with Gasteiger partial charge in [-0.15, -0.1) is 0 Å². The third-order valence-electron chi connectivity index (χ3n) is 3.41. The maximum atomic E-state index is 12.4. The first kappa shape index (κ1) is 13.5. The number of hydrogen-bond donors (Lipinski definition) is 1. The lowest BCUT2D eigenvalue weighted by atomic mass is 10.1. The third kappa shape index (κ3) is 2.93. The molecule has 5 heteroatoms. The van der Waals surface area contributed by atoms with Crippen molar-refractivity contribution in [2.45, 2.75) is 12.5 Å². The van der Waals surface area contributed by atoms with Crippen LogP contribution in [0.3, 0.4) is 0 Å². The monoisotopic (exact) mass is 263 g/mol. The van der Waals surface area contributed by atoms with Gasteiger partial charge in [0.15, 0.2) is 6.10 Å². The van der Waals surface area contributed by atoms with Crippen LogP contribution in [-0.2, 0) is 14.3 Å². The van der Waals surface area contributed by atoms with Crippen LogP contribution in [0.1, 0.15) is 18.1 Å². The normalized spacial score (nSPS) is 20.3. The van der Waals surface area contributed by atoms with Gasteiger partial charge in [0.25, 0.3) is 5.91 Å². The van der Waals surface area contributed by atoms with Crippen LogP contribution in [0.4, 0.5) is 0 Å². The summed E-state index contributed by atoms with van der Waals surface area (Å²) in [5, 5.41) is 8.96. The van der Waals surface area contributed by atoms with Crippen molar-refractivity contribution in [2.24, 2.45) is 5.92 Å². The van der Waals surface area contributed by atoms with E-state index in [4.69, 9.17) is 9.84 Å². The van der Waals surface area contributed by atoms with Crippen LogP contribution in [0.5, 0.6) is 0 Å². The van der Waals surface area contributed by atoms with Gasteiger partial charge >= 0.3 is 5.97 Å². The first-order valence-electron chi connectivity index (χ1n) is 6.23. The van der Waals surface area contributed by atoms with Crippen molar-refractivity contribution in [3.8, 4) is 0 Å². The molecule has 19 heavy (non-hydrogen) atoms. The number of hydrogen-bond acceptors (Lipinski definition) is 3. The van der Waals surface area contributed by atoms with Crippen LogP contribution in [0.15, 0.2) is 30.3 Å². The largest absolute Gasteiger partial charge is 0.481 e. The molecular weight excluding hydrogens is 246 g/mol. The summed E-state index contributed by atoms with van der Waals surface area (Å²) in [5.74, 6) is -1.47. The van der Waals surface area contributed by atoms with Crippen LogP contribution >= 0.6 is 0 Å². The Morgan fingerprint density at radius 3 is 2.58 bits per heavy atom. The van der Waals surface area contributed by atoms with E-state index in [2.05, 4.69) is 0 Å². The van der Waals surface area contributed by atoms with Crippen molar-refractivity contribution in [1.29, 1.82) is 0 Å². The van der Waals surface area contributed by atoms with Gasteiger partial charge in [-0.25, -0.2) is 0 Å². The zero-order valence-electron chi connectivity index (χ0n) is 10.8. The molecule has 0 bridgehead atoms. The number of carbonyl (C=O) groups excluding carboxylic acids is 1. The molecule has 0 aliphatic carbocycles. The van der Waals surface area contributed by atoms with Gasteiger partial charge in [0.2, 0.25) is 0 Å². The molecular formula is C14H17NO4. The highest BCUT2D eigenvalue weighted by molar-refractivity contribution is 5.83. The maximum Gasteiger partial charge on any atom is 0.308 e. The van der Waals surface area contributed by atoms with Crippen molar-refractivity contribution >= 4 is 11.9 Å². The minimum atomic E-state index is -0.844. The van der Waals surface area contributed by atoms with Gasteiger partial charge in [-0.1, -0.05) is 30.3 Å². The van der Waals surface area contributed by atoms with E-state index in [0.29, 0.717) is 13.0 Å². The summed E-state index contributed by atoms with van der Waals surface area (Å²) < 4.78 is 5.27. The van der Waals surface area contributed by atoms with Gasteiger partial charge in [-0.3, -0.25) is 9.59 Å². The fraction of sp³-hybridized carbons (Fsp3) is 0.429. The van der Waals surface area contributed by atoms with Gasteiger partial charge < -0.3 is 14.7 Å². The second-order valence-electron chi connectivity index (χ2n) is 4.63. The Kier molecular flexibility index (Phi) is 4.16. The molecule has 1 unspecified atom stereocenters. The van der Waals surface area contributed by atoms with Crippen molar-refractivity contribution in [2.75, 3.05) is 20.2 Å². The Hall–Kier alpha value is -1.88. The molecule has 2 atom stereocenters. The Morgan fingerprint density at radius 1 is 1.37 bits per heavy atom. The summed E-state index contributed by atoms with van der Waals surface area (Å²) in [7, 11) is 1.49. The molecule has 1 aliphatic heterocycles. The molecule has 102 valence electrons. The van der Waals surface area contributed by atoms with Gasteiger partial charge in [0, 0.05) is 20.2 Å². The number of ether oxygens (including phenoxy) is 1. The smallest absolute Gasteiger partial charge is 0.308 e. The Balaban J connectivity index is 2.08. The molecule has 1 aromatic carbocycles. The quantitative estimate of drug-likeness (QED) is 0.889. The Morgan fingerprint density at radius 2 is 2.05 bits per heavy atom. The van der Waals surface area contributed by atoms with Crippen molar-refractivity contribution in [3.63, 3.8) is 0 Å². The zero-order chi connectivity index (χ0) is 13.8. The second kappa shape index (κ2) is 5.84. The number of rotatable bonds is 4. The molecule has 1 N–H and O–H groups in total. The summed E-state index contributed by atoms with van der Waals surface area (Å²) in [6.45, 7) is 0.739. The summed E-state index contributed by atoms with van der Waals surface area (Å²) in [6.07, 6.45) is -0.152. The highest BCUT2D eigenvalue weighted by Gasteiger charge is 2.34. The van der Waals surface area contributed by atoms with Crippen LogP contribution in [0.2, 0.25) is 0 Å². The lowest BCUT2D eigenvalue weighted by Gasteiger charge is -2.22. The number of carboxylic acids is 1. The van der Waals surface area contributed by atoms with Crippen molar-refractivity contribution in [1.82, 2.24) is 4.90 Å². The molecule has 5 nitrogen and oxygen atoms in total.